The maximum absolute atomic E-state index is 11.2. The molecule has 1 aliphatic rings. The van der Waals surface area contributed by atoms with Crippen LogP contribution in [0.1, 0.15) is 32.6 Å². The van der Waals surface area contributed by atoms with Crippen molar-refractivity contribution in [2.24, 2.45) is 0 Å². The number of rotatable bonds is 5. The summed E-state index contributed by atoms with van der Waals surface area (Å²) in [5.74, 6) is -0.749. The highest BCUT2D eigenvalue weighted by Crippen LogP contribution is 2.29. The van der Waals surface area contributed by atoms with Gasteiger partial charge in [-0.2, -0.15) is 0 Å². The van der Waals surface area contributed by atoms with Crippen LogP contribution in [-0.2, 0) is 9.59 Å². The highest BCUT2D eigenvalue weighted by molar-refractivity contribution is 5.78. The molecule has 5 nitrogen and oxygen atoms in total. The van der Waals surface area contributed by atoms with Gasteiger partial charge in [-0.05, 0) is 39.3 Å². The molecule has 0 radical (unpaired) electrons. The molecule has 2 N–H and O–H groups in total. The number of nitrogens with zero attached hydrogens (tertiary/aromatic N) is 1. The molecule has 1 atom stereocenters. The normalized spacial score (nSPS) is 25.6. The molecule has 1 saturated heterocycles. The zero-order chi connectivity index (χ0) is 12.2. The monoisotopic (exact) mass is 228 g/mol. The van der Waals surface area contributed by atoms with E-state index in [9.17, 15) is 14.7 Å². The molecule has 92 valence electrons. The van der Waals surface area contributed by atoms with E-state index >= 15 is 0 Å². The molecule has 1 rings (SSSR count). The van der Waals surface area contributed by atoms with Crippen LogP contribution in [0.3, 0.4) is 0 Å². The van der Waals surface area contributed by atoms with Crippen LogP contribution >= 0.6 is 0 Å². The Morgan fingerprint density at radius 1 is 1.50 bits per heavy atom. The number of carbonyl (C=O) groups excluding carboxylic acids is 1. The van der Waals surface area contributed by atoms with Crippen LogP contribution in [0.2, 0.25) is 0 Å². The quantitative estimate of drug-likeness (QED) is 0.717. The number of carbonyl (C=O) groups is 2. The van der Waals surface area contributed by atoms with E-state index in [4.69, 9.17) is 0 Å². The van der Waals surface area contributed by atoms with E-state index in [0.29, 0.717) is 25.8 Å². The van der Waals surface area contributed by atoms with Crippen molar-refractivity contribution in [3.63, 3.8) is 0 Å². The Kier molecular flexibility index (Phi) is 4.29. The first kappa shape index (κ1) is 13.0. The van der Waals surface area contributed by atoms with Crippen molar-refractivity contribution in [1.29, 1.82) is 0 Å². The molecule has 1 amide bonds. The van der Waals surface area contributed by atoms with E-state index < -0.39 is 11.5 Å². The van der Waals surface area contributed by atoms with Crippen LogP contribution in [0.25, 0.3) is 0 Å². The first-order valence-electron chi connectivity index (χ1n) is 5.70. The third-order valence-corrected chi connectivity index (χ3v) is 3.36. The molecule has 5 heteroatoms. The van der Waals surface area contributed by atoms with Gasteiger partial charge in [0.05, 0.1) is 0 Å². The molecule has 0 bridgehead atoms. The van der Waals surface area contributed by atoms with Gasteiger partial charge in [0.25, 0.3) is 0 Å². The van der Waals surface area contributed by atoms with Crippen molar-refractivity contribution in [2.45, 2.75) is 38.1 Å². The van der Waals surface area contributed by atoms with Gasteiger partial charge in [-0.25, -0.2) is 0 Å². The lowest BCUT2D eigenvalue weighted by atomic mass is 9.99. The van der Waals surface area contributed by atoms with Gasteiger partial charge in [-0.1, -0.05) is 0 Å². The van der Waals surface area contributed by atoms with E-state index in [-0.39, 0.29) is 5.91 Å². The first-order valence-corrected chi connectivity index (χ1v) is 5.70. The summed E-state index contributed by atoms with van der Waals surface area (Å²) in [7, 11) is 1.61. The van der Waals surface area contributed by atoms with Crippen molar-refractivity contribution in [3.05, 3.63) is 0 Å². The van der Waals surface area contributed by atoms with Crippen LogP contribution in [-0.4, -0.2) is 47.6 Å². The van der Waals surface area contributed by atoms with Crippen LogP contribution in [0, 0.1) is 0 Å². The Hall–Kier alpha value is -1.10. The predicted molar refractivity (Wildman–Crippen MR) is 60.1 cm³/mol. The second-order valence-corrected chi connectivity index (χ2v) is 4.45. The molecule has 0 saturated carbocycles. The van der Waals surface area contributed by atoms with Crippen LogP contribution in [0.5, 0.6) is 0 Å². The lowest BCUT2D eigenvalue weighted by Gasteiger charge is -2.30. The molecule has 1 unspecified atom stereocenters. The van der Waals surface area contributed by atoms with E-state index in [2.05, 4.69) is 5.32 Å². The second kappa shape index (κ2) is 5.30. The Balaban J connectivity index is 2.42. The number of nitrogens with one attached hydrogen (secondary N) is 1. The molecule has 0 aromatic heterocycles. The molecule has 1 aliphatic heterocycles. The highest BCUT2D eigenvalue weighted by atomic mass is 16.4. The molecule has 0 aromatic rings. The third kappa shape index (κ3) is 2.72. The van der Waals surface area contributed by atoms with Gasteiger partial charge < -0.3 is 10.4 Å². The fourth-order valence-corrected chi connectivity index (χ4v) is 2.18. The van der Waals surface area contributed by atoms with Crippen LogP contribution in [0.4, 0.5) is 0 Å². The number of likely N-dealkylation sites (tertiary alicyclic amines) is 1. The average molecular weight is 228 g/mol. The molecular weight excluding hydrogens is 208 g/mol. The maximum atomic E-state index is 11.2. The minimum absolute atomic E-state index is 0.0104. The fourth-order valence-electron chi connectivity index (χ4n) is 2.18. The molecule has 0 aromatic carbocycles. The van der Waals surface area contributed by atoms with Gasteiger partial charge in [-0.15, -0.1) is 0 Å². The summed E-state index contributed by atoms with van der Waals surface area (Å²) in [6.45, 7) is 3.26. The topological polar surface area (TPSA) is 69.6 Å². The molecule has 16 heavy (non-hydrogen) atoms. The van der Waals surface area contributed by atoms with Gasteiger partial charge in [0.1, 0.15) is 5.54 Å². The fraction of sp³-hybridized carbons (Fsp3) is 0.818. The lowest BCUT2D eigenvalue weighted by Crippen LogP contribution is -2.48. The second-order valence-electron chi connectivity index (χ2n) is 4.45. The highest BCUT2D eigenvalue weighted by Gasteiger charge is 2.42. The van der Waals surface area contributed by atoms with Crippen molar-refractivity contribution in [2.75, 3.05) is 20.1 Å². The minimum Gasteiger partial charge on any atom is -0.480 e. The number of amides is 1. The van der Waals surface area contributed by atoms with E-state index in [1.54, 1.807) is 14.0 Å². The first-order chi connectivity index (χ1) is 7.50. The Morgan fingerprint density at radius 2 is 2.19 bits per heavy atom. The molecule has 1 heterocycles. The van der Waals surface area contributed by atoms with Gasteiger partial charge in [0, 0.05) is 13.5 Å². The predicted octanol–water partition coefficient (Wildman–Crippen LogP) is 0.452. The minimum atomic E-state index is -0.759. The van der Waals surface area contributed by atoms with Gasteiger partial charge in [0.15, 0.2) is 0 Å². The smallest absolute Gasteiger partial charge is 0.323 e. The number of hydrogen-bond acceptors (Lipinski definition) is 3. The summed E-state index contributed by atoms with van der Waals surface area (Å²) in [6, 6.07) is 0. The van der Waals surface area contributed by atoms with E-state index in [1.165, 1.54) is 0 Å². The number of carboxylic acids is 1. The zero-order valence-electron chi connectivity index (χ0n) is 9.95. The van der Waals surface area contributed by atoms with Gasteiger partial charge in [0.2, 0.25) is 5.91 Å². The molecular formula is C11H20N2O3. The summed E-state index contributed by atoms with van der Waals surface area (Å²) in [6.07, 6.45) is 2.79. The summed E-state index contributed by atoms with van der Waals surface area (Å²) in [5, 5.41) is 11.7. The van der Waals surface area contributed by atoms with Crippen molar-refractivity contribution in [1.82, 2.24) is 10.2 Å². The number of hydrogen-bond donors (Lipinski definition) is 2. The summed E-state index contributed by atoms with van der Waals surface area (Å²) >= 11 is 0. The molecule has 0 aliphatic carbocycles. The van der Waals surface area contributed by atoms with Crippen LogP contribution in [0.15, 0.2) is 0 Å². The number of aliphatic carboxylic acids is 1. The molecule has 0 spiro atoms. The summed E-state index contributed by atoms with van der Waals surface area (Å²) in [5.41, 5.74) is -0.733. The SMILES string of the molecule is CNC(=O)CCCN1CCCC1(C)C(=O)O. The van der Waals surface area contributed by atoms with Crippen molar-refractivity contribution >= 4 is 11.9 Å². The van der Waals surface area contributed by atoms with E-state index in [0.717, 1.165) is 13.0 Å². The number of carboxylic acid groups (broad SMARTS) is 1. The van der Waals surface area contributed by atoms with Gasteiger partial charge >= 0.3 is 5.97 Å². The summed E-state index contributed by atoms with van der Waals surface area (Å²) < 4.78 is 0. The Morgan fingerprint density at radius 3 is 2.75 bits per heavy atom. The van der Waals surface area contributed by atoms with Crippen LogP contribution < -0.4 is 5.32 Å². The largest absolute Gasteiger partial charge is 0.480 e. The Labute approximate surface area is 95.8 Å². The Bertz CT molecular complexity index is 280. The molecule has 1 fully saturated rings. The average Bonchev–Trinajstić information content (AvgIpc) is 2.61. The van der Waals surface area contributed by atoms with Gasteiger partial charge in [-0.3, -0.25) is 14.5 Å². The standard InChI is InChI=1S/C11H20N2O3/c1-11(10(15)16)6-4-8-13(11)7-3-5-9(14)12-2/h3-8H2,1-2H3,(H,12,14)(H,15,16). The third-order valence-electron chi connectivity index (χ3n) is 3.36. The zero-order valence-corrected chi connectivity index (χ0v) is 9.95. The van der Waals surface area contributed by atoms with E-state index in [1.807, 2.05) is 4.90 Å². The van der Waals surface area contributed by atoms with Crippen molar-refractivity contribution < 1.29 is 14.7 Å². The maximum Gasteiger partial charge on any atom is 0.323 e. The summed E-state index contributed by atoms with van der Waals surface area (Å²) in [4.78, 5) is 24.2. The lowest BCUT2D eigenvalue weighted by molar-refractivity contribution is -0.148. The van der Waals surface area contributed by atoms with Crippen molar-refractivity contribution in [3.8, 4) is 0 Å².